The van der Waals surface area contributed by atoms with Gasteiger partial charge in [0.15, 0.2) is 11.5 Å². The number of imide groups is 1. The summed E-state index contributed by atoms with van der Waals surface area (Å²) in [5.74, 6) is -0.406. The number of nitrogens with zero attached hydrogens (tertiary/aromatic N) is 2. The van der Waals surface area contributed by atoms with Crippen molar-refractivity contribution in [2.45, 2.75) is 26.4 Å². The molecule has 0 radical (unpaired) electrons. The number of halogens is 2. The van der Waals surface area contributed by atoms with Crippen molar-refractivity contribution in [1.82, 2.24) is 9.80 Å². The van der Waals surface area contributed by atoms with Crippen LogP contribution in [0.1, 0.15) is 30.9 Å². The molecule has 2 aromatic rings. The van der Waals surface area contributed by atoms with Crippen molar-refractivity contribution in [2.75, 3.05) is 26.2 Å². The highest BCUT2D eigenvalue weighted by molar-refractivity contribution is 8.18. The summed E-state index contributed by atoms with van der Waals surface area (Å²) in [7, 11) is 0. The van der Waals surface area contributed by atoms with Crippen LogP contribution >= 0.6 is 23.4 Å². The van der Waals surface area contributed by atoms with E-state index in [9.17, 15) is 18.8 Å². The molecule has 10 heteroatoms. The monoisotopic (exact) mass is 518 g/mol. The Morgan fingerprint density at radius 3 is 2.63 bits per heavy atom. The second-order valence-corrected chi connectivity index (χ2v) is 9.38. The van der Waals surface area contributed by atoms with Crippen molar-refractivity contribution < 1.29 is 28.2 Å². The number of likely N-dealkylation sites (tertiary alicyclic amines) is 1. The van der Waals surface area contributed by atoms with E-state index in [0.29, 0.717) is 36.8 Å². The van der Waals surface area contributed by atoms with Gasteiger partial charge in [0.25, 0.3) is 11.1 Å². The van der Waals surface area contributed by atoms with Crippen molar-refractivity contribution in [3.8, 4) is 11.5 Å². The molecule has 2 aliphatic rings. The van der Waals surface area contributed by atoms with Crippen LogP contribution in [-0.2, 0) is 16.2 Å². The van der Waals surface area contributed by atoms with Gasteiger partial charge >= 0.3 is 0 Å². The smallest absolute Gasteiger partial charge is 0.294 e. The van der Waals surface area contributed by atoms with Crippen LogP contribution in [0.25, 0.3) is 6.08 Å². The number of hydrogen-bond acceptors (Lipinski definition) is 6. The molecule has 184 valence electrons. The zero-order valence-corrected chi connectivity index (χ0v) is 20.7. The van der Waals surface area contributed by atoms with Gasteiger partial charge < -0.3 is 14.4 Å². The quantitative estimate of drug-likeness (QED) is 0.452. The minimum Gasteiger partial charge on any atom is -0.490 e. The molecule has 0 saturated carbocycles. The van der Waals surface area contributed by atoms with Gasteiger partial charge in [0.05, 0.1) is 16.5 Å². The number of thioether (sulfide) groups is 1. The third kappa shape index (κ3) is 5.79. The number of rotatable bonds is 8. The Labute approximate surface area is 211 Å². The first kappa shape index (κ1) is 25.1. The second-order valence-electron chi connectivity index (χ2n) is 7.98. The Morgan fingerprint density at radius 2 is 1.91 bits per heavy atom. The number of benzene rings is 2. The summed E-state index contributed by atoms with van der Waals surface area (Å²) in [6.45, 7) is 3.14. The van der Waals surface area contributed by atoms with Gasteiger partial charge in [-0.2, -0.15) is 0 Å². The summed E-state index contributed by atoms with van der Waals surface area (Å²) in [5.41, 5.74) is 0.846. The van der Waals surface area contributed by atoms with Crippen LogP contribution in [-0.4, -0.2) is 53.1 Å². The molecule has 35 heavy (non-hydrogen) atoms. The predicted molar refractivity (Wildman–Crippen MR) is 132 cm³/mol. The van der Waals surface area contributed by atoms with Gasteiger partial charge in [0.1, 0.15) is 19.0 Å². The molecule has 0 aliphatic carbocycles. The largest absolute Gasteiger partial charge is 0.490 e. The minimum absolute atomic E-state index is 0.0884. The molecule has 0 aromatic heterocycles. The summed E-state index contributed by atoms with van der Waals surface area (Å²) in [4.78, 5) is 40.5. The van der Waals surface area contributed by atoms with Crippen LogP contribution < -0.4 is 9.47 Å². The van der Waals surface area contributed by atoms with E-state index in [0.717, 1.165) is 29.5 Å². The van der Waals surface area contributed by atoms with E-state index in [1.54, 1.807) is 35.2 Å². The predicted octanol–water partition coefficient (Wildman–Crippen LogP) is 5.12. The number of amides is 3. The maximum atomic E-state index is 14.1. The molecule has 0 spiro atoms. The molecule has 2 fully saturated rings. The van der Waals surface area contributed by atoms with Crippen LogP contribution in [0.3, 0.4) is 0 Å². The van der Waals surface area contributed by atoms with E-state index in [1.165, 1.54) is 12.1 Å². The van der Waals surface area contributed by atoms with Crippen molar-refractivity contribution in [2.24, 2.45) is 0 Å². The fourth-order valence-electron chi connectivity index (χ4n) is 3.81. The maximum Gasteiger partial charge on any atom is 0.294 e. The van der Waals surface area contributed by atoms with Crippen molar-refractivity contribution in [3.63, 3.8) is 0 Å². The molecule has 2 aliphatic heterocycles. The highest BCUT2D eigenvalue weighted by atomic mass is 35.5. The molecule has 3 amide bonds. The van der Waals surface area contributed by atoms with Crippen LogP contribution in [0, 0.1) is 5.82 Å². The van der Waals surface area contributed by atoms with Gasteiger partial charge in [-0.05, 0) is 67.4 Å². The maximum absolute atomic E-state index is 14.1. The summed E-state index contributed by atoms with van der Waals surface area (Å²) in [6, 6.07) is 9.43. The van der Waals surface area contributed by atoms with Gasteiger partial charge in [0, 0.05) is 18.7 Å². The molecule has 0 atom stereocenters. The average molecular weight is 519 g/mol. The third-order valence-electron chi connectivity index (χ3n) is 5.62. The molecule has 2 saturated heterocycles. The van der Waals surface area contributed by atoms with Crippen molar-refractivity contribution in [1.29, 1.82) is 0 Å². The van der Waals surface area contributed by atoms with E-state index >= 15 is 0 Å². The van der Waals surface area contributed by atoms with E-state index in [4.69, 9.17) is 21.1 Å². The first-order valence-electron chi connectivity index (χ1n) is 11.2. The molecule has 4 rings (SSSR count). The standard InChI is InChI=1S/C25H24ClFN2O5S/c1-2-33-21-12-16(8-9-20(21)34-15-17-18(26)6-5-7-19(17)27)13-22-24(31)29(25(32)35-22)14-23(30)28-10-3-4-11-28/h5-9,12-13H,2-4,10-11,14-15H2,1H3/b22-13-. The molecule has 2 heterocycles. The molecule has 0 bridgehead atoms. The van der Waals surface area contributed by atoms with Gasteiger partial charge in [-0.15, -0.1) is 0 Å². The molecule has 7 nitrogen and oxygen atoms in total. The molecular weight excluding hydrogens is 495 g/mol. The molecule has 0 N–H and O–H groups in total. The molecule has 2 aromatic carbocycles. The van der Waals surface area contributed by atoms with Crippen LogP contribution in [0.5, 0.6) is 11.5 Å². The number of hydrogen-bond donors (Lipinski definition) is 0. The van der Waals surface area contributed by atoms with Crippen molar-refractivity contribution >= 4 is 46.5 Å². The van der Waals surface area contributed by atoms with E-state index in [-0.39, 0.29) is 34.6 Å². The van der Waals surface area contributed by atoms with Gasteiger partial charge in [-0.3, -0.25) is 19.3 Å². The highest BCUT2D eigenvalue weighted by Crippen LogP contribution is 2.35. The zero-order chi connectivity index (χ0) is 24.9. The lowest BCUT2D eigenvalue weighted by Crippen LogP contribution is -2.40. The first-order valence-corrected chi connectivity index (χ1v) is 12.4. The third-order valence-corrected chi connectivity index (χ3v) is 6.89. The molecular formula is C25H24ClFN2O5S. The normalized spacial score (nSPS) is 16.9. The number of carbonyl (C=O) groups is 3. The summed E-state index contributed by atoms with van der Waals surface area (Å²) in [5, 5.41) is -0.209. The summed E-state index contributed by atoms with van der Waals surface area (Å²) < 4.78 is 25.5. The Morgan fingerprint density at radius 1 is 1.14 bits per heavy atom. The van der Waals surface area contributed by atoms with E-state index in [2.05, 4.69) is 0 Å². The van der Waals surface area contributed by atoms with Gasteiger partial charge in [0.2, 0.25) is 5.91 Å². The lowest BCUT2D eigenvalue weighted by Gasteiger charge is -2.18. The van der Waals surface area contributed by atoms with Crippen molar-refractivity contribution in [3.05, 3.63) is 63.3 Å². The summed E-state index contributed by atoms with van der Waals surface area (Å²) >= 11 is 6.87. The lowest BCUT2D eigenvalue weighted by atomic mass is 10.1. The van der Waals surface area contributed by atoms with Crippen LogP contribution in [0.15, 0.2) is 41.3 Å². The minimum atomic E-state index is -0.500. The Balaban J connectivity index is 1.49. The fraction of sp³-hybridized carbons (Fsp3) is 0.320. The number of ether oxygens (including phenoxy) is 2. The Hall–Kier alpha value is -3.04. The topological polar surface area (TPSA) is 76.2 Å². The zero-order valence-electron chi connectivity index (χ0n) is 19.1. The SMILES string of the molecule is CCOc1cc(/C=C2\SC(=O)N(CC(=O)N3CCCC3)C2=O)ccc1OCc1c(F)cccc1Cl. The lowest BCUT2D eigenvalue weighted by molar-refractivity contribution is -0.135. The summed E-state index contributed by atoms with van der Waals surface area (Å²) in [6.07, 6.45) is 3.44. The Bertz CT molecular complexity index is 1160. The number of carbonyl (C=O) groups excluding carboxylic acids is 3. The fourth-order valence-corrected chi connectivity index (χ4v) is 4.87. The van der Waals surface area contributed by atoms with Gasteiger partial charge in [-0.25, -0.2) is 4.39 Å². The second kappa shape index (κ2) is 11.1. The van der Waals surface area contributed by atoms with Crippen LogP contribution in [0.2, 0.25) is 5.02 Å². The van der Waals surface area contributed by atoms with E-state index in [1.807, 2.05) is 6.92 Å². The molecule has 0 unspecified atom stereocenters. The highest BCUT2D eigenvalue weighted by Gasteiger charge is 2.37. The first-order chi connectivity index (χ1) is 16.9. The van der Waals surface area contributed by atoms with Crippen LogP contribution in [0.4, 0.5) is 9.18 Å². The van der Waals surface area contributed by atoms with Gasteiger partial charge in [-0.1, -0.05) is 23.7 Å². The average Bonchev–Trinajstić information content (AvgIpc) is 3.45. The Kier molecular flexibility index (Phi) is 7.97. The van der Waals surface area contributed by atoms with E-state index < -0.39 is 17.0 Å².